The Morgan fingerprint density at radius 1 is 0.912 bits per heavy atom. The lowest BCUT2D eigenvalue weighted by molar-refractivity contribution is 0.243. The molecule has 0 saturated heterocycles. The quantitative estimate of drug-likeness (QED) is 0.494. The van der Waals surface area contributed by atoms with Crippen molar-refractivity contribution in [1.82, 2.24) is 15.3 Å². The van der Waals surface area contributed by atoms with Gasteiger partial charge in [0.2, 0.25) is 5.95 Å². The van der Waals surface area contributed by atoms with Gasteiger partial charge in [-0.3, -0.25) is 0 Å². The second-order valence-electron chi connectivity index (χ2n) is 9.75. The summed E-state index contributed by atoms with van der Waals surface area (Å²) >= 11 is 0. The van der Waals surface area contributed by atoms with Crippen molar-refractivity contribution in [3.8, 4) is 0 Å². The number of fused-ring (bicyclic) bond motifs is 2. The first kappa shape index (κ1) is 22.4. The van der Waals surface area contributed by atoms with E-state index >= 15 is 0 Å². The number of nitrogens with one attached hydrogen (secondary N) is 3. The molecule has 0 unspecified atom stereocenters. The number of rotatable bonds is 5. The van der Waals surface area contributed by atoms with Gasteiger partial charge in [-0.05, 0) is 74.3 Å². The fourth-order valence-corrected chi connectivity index (χ4v) is 5.19. The lowest BCUT2D eigenvalue weighted by Crippen LogP contribution is -2.42. The van der Waals surface area contributed by atoms with Crippen LogP contribution in [0.15, 0.2) is 42.5 Å². The van der Waals surface area contributed by atoms with E-state index in [0.717, 1.165) is 61.4 Å². The number of carbonyl (C=O) groups excluding carboxylic acids is 1. The van der Waals surface area contributed by atoms with E-state index < -0.39 is 0 Å². The second kappa shape index (κ2) is 9.87. The van der Waals surface area contributed by atoms with Crippen LogP contribution in [0.2, 0.25) is 0 Å². The zero-order valence-electron chi connectivity index (χ0n) is 20.1. The molecule has 0 bridgehead atoms. The molecule has 1 aromatic heterocycles. The Balaban J connectivity index is 1.14. The molecule has 1 heterocycles. The van der Waals surface area contributed by atoms with E-state index in [-0.39, 0.29) is 12.1 Å². The van der Waals surface area contributed by atoms with Crippen molar-refractivity contribution in [1.29, 1.82) is 0 Å². The second-order valence-corrected chi connectivity index (χ2v) is 9.75. The number of urea groups is 1. The van der Waals surface area contributed by atoms with Crippen LogP contribution in [0.1, 0.15) is 49.8 Å². The van der Waals surface area contributed by atoms with Crippen LogP contribution in [0.3, 0.4) is 0 Å². The minimum absolute atomic E-state index is 0.139. The van der Waals surface area contributed by atoms with Gasteiger partial charge in [-0.25, -0.2) is 9.78 Å². The van der Waals surface area contributed by atoms with Crippen molar-refractivity contribution in [2.75, 3.05) is 29.6 Å². The number of nitrogens with zero attached hydrogens (tertiary/aromatic N) is 3. The summed E-state index contributed by atoms with van der Waals surface area (Å²) in [5.74, 6) is 1.79. The fourth-order valence-electron chi connectivity index (χ4n) is 5.19. The number of aryl methyl sites for hydroxylation is 1. The Morgan fingerprint density at radius 3 is 2.44 bits per heavy atom. The van der Waals surface area contributed by atoms with Gasteiger partial charge >= 0.3 is 6.03 Å². The summed E-state index contributed by atoms with van der Waals surface area (Å²) in [7, 11) is 4.11. The third-order valence-electron chi connectivity index (χ3n) is 6.99. The molecule has 0 aliphatic heterocycles. The molecule has 0 atom stereocenters. The Morgan fingerprint density at radius 2 is 1.65 bits per heavy atom. The lowest BCUT2D eigenvalue weighted by atomic mass is 9.91. The number of aromatic nitrogens is 2. The van der Waals surface area contributed by atoms with Crippen LogP contribution in [0.4, 0.5) is 22.2 Å². The summed E-state index contributed by atoms with van der Waals surface area (Å²) in [6, 6.07) is 14.5. The van der Waals surface area contributed by atoms with Gasteiger partial charge in [-0.15, -0.1) is 0 Å². The molecule has 2 aliphatic carbocycles. The van der Waals surface area contributed by atoms with Crippen LogP contribution in [0.5, 0.6) is 0 Å². The molecule has 3 N–H and O–H groups in total. The predicted octanol–water partition coefficient (Wildman–Crippen LogP) is 5.12. The van der Waals surface area contributed by atoms with Crippen molar-refractivity contribution >= 4 is 34.3 Å². The first-order valence-corrected chi connectivity index (χ1v) is 12.4. The zero-order chi connectivity index (χ0) is 23.5. The maximum atomic E-state index is 12.6. The van der Waals surface area contributed by atoms with E-state index in [1.165, 1.54) is 29.5 Å². The minimum atomic E-state index is -0.139. The Bertz CT molecular complexity index is 1170. The van der Waals surface area contributed by atoms with E-state index in [4.69, 9.17) is 9.97 Å². The number of hydrogen-bond donors (Lipinski definition) is 3. The highest BCUT2D eigenvalue weighted by atomic mass is 16.2. The first-order chi connectivity index (χ1) is 16.5. The zero-order valence-corrected chi connectivity index (χ0v) is 20.1. The molecule has 1 fully saturated rings. The molecule has 178 valence electrons. The van der Waals surface area contributed by atoms with Crippen LogP contribution >= 0.6 is 0 Å². The monoisotopic (exact) mass is 458 g/mol. The van der Waals surface area contributed by atoms with Gasteiger partial charge in [0.05, 0.1) is 5.69 Å². The molecule has 1 saturated carbocycles. The highest BCUT2D eigenvalue weighted by Gasteiger charge is 2.25. The van der Waals surface area contributed by atoms with Crippen LogP contribution < -0.4 is 20.9 Å². The lowest BCUT2D eigenvalue weighted by Gasteiger charge is -2.30. The molecule has 0 spiro atoms. The third-order valence-corrected chi connectivity index (χ3v) is 6.99. The minimum Gasteiger partial charge on any atom is -0.362 e. The Labute approximate surface area is 201 Å². The molecule has 3 aromatic rings. The fraction of sp³-hybridized carbons (Fsp3) is 0.444. The molecule has 7 heteroatoms. The molecule has 2 aromatic carbocycles. The maximum Gasteiger partial charge on any atom is 0.319 e. The van der Waals surface area contributed by atoms with E-state index in [2.05, 4.69) is 47.1 Å². The number of anilines is 3. The van der Waals surface area contributed by atoms with Crippen LogP contribution in [-0.4, -0.2) is 42.2 Å². The van der Waals surface area contributed by atoms with E-state index in [1.807, 2.05) is 30.3 Å². The molecule has 0 radical (unpaired) electrons. The van der Waals surface area contributed by atoms with E-state index in [9.17, 15) is 4.79 Å². The Kier molecular flexibility index (Phi) is 6.52. The average Bonchev–Trinajstić information content (AvgIpc) is 2.84. The number of amides is 2. The molecule has 2 amide bonds. The highest BCUT2D eigenvalue weighted by Crippen LogP contribution is 2.29. The highest BCUT2D eigenvalue weighted by molar-refractivity contribution is 5.93. The molecule has 7 nitrogen and oxygen atoms in total. The van der Waals surface area contributed by atoms with Gasteiger partial charge in [0, 0.05) is 37.4 Å². The SMILES string of the molecule is CN(C)c1nc(N[C@H]2CC[C@@H](NC(=O)Nc3ccc4ccccc4c3)CC2)nc2c1CCCC2. The van der Waals surface area contributed by atoms with Gasteiger partial charge in [-0.2, -0.15) is 4.98 Å². The van der Waals surface area contributed by atoms with E-state index in [1.54, 1.807) is 0 Å². The normalized spacial score (nSPS) is 19.8. The third kappa shape index (κ3) is 5.08. The van der Waals surface area contributed by atoms with Crippen molar-refractivity contribution in [2.24, 2.45) is 0 Å². The van der Waals surface area contributed by atoms with Gasteiger partial charge < -0.3 is 20.9 Å². The van der Waals surface area contributed by atoms with Crippen molar-refractivity contribution in [2.45, 2.75) is 63.5 Å². The van der Waals surface area contributed by atoms with Gasteiger partial charge in [0.15, 0.2) is 0 Å². The summed E-state index contributed by atoms with van der Waals surface area (Å²) in [5.41, 5.74) is 3.33. The summed E-state index contributed by atoms with van der Waals surface area (Å²) < 4.78 is 0. The average molecular weight is 459 g/mol. The first-order valence-electron chi connectivity index (χ1n) is 12.4. The molecule has 5 rings (SSSR count). The summed E-state index contributed by atoms with van der Waals surface area (Å²) in [6.45, 7) is 0. The van der Waals surface area contributed by atoms with Crippen LogP contribution in [0.25, 0.3) is 10.8 Å². The smallest absolute Gasteiger partial charge is 0.319 e. The largest absolute Gasteiger partial charge is 0.362 e. The topological polar surface area (TPSA) is 82.2 Å². The standard InChI is InChI=1S/C27H34N6O/c1-33(2)25-23-9-5-6-10-24(23)31-26(32-25)28-20-13-15-21(16-14-20)29-27(34)30-22-12-11-18-7-3-4-8-19(18)17-22/h3-4,7-8,11-12,17,20-21H,5-6,9-10,13-16H2,1-2H3,(H,28,31,32)(H2,29,30,34)/t20-,21+. The summed E-state index contributed by atoms with van der Waals surface area (Å²) in [4.78, 5) is 24.4. The predicted molar refractivity (Wildman–Crippen MR) is 139 cm³/mol. The molecule has 2 aliphatic rings. The number of carbonyl (C=O) groups is 1. The number of hydrogen-bond acceptors (Lipinski definition) is 5. The van der Waals surface area contributed by atoms with Crippen LogP contribution in [0, 0.1) is 0 Å². The van der Waals surface area contributed by atoms with Gasteiger partial charge in [0.1, 0.15) is 5.82 Å². The van der Waals surface area contributed by atoms with Crippen molar-refractivity contribution < 1.29 is 4.79 Å². The summed E-state index contributed by atoms with van der Waals surface area (Å²) in [5, 5.41) is 12.0. The van der Waals surface area contributed by atoms with Gasteiger partial charge in [-0.1, -0.05) is 30.3 Å². The Hall–Kier alpha value is -3.35. The van der Waals surface area contributed by atoms with Crippen molar-refractivity contribution in [3.63, 3.8) is 0 Å². The van der Waals surface area contributed by atoms with Crippen molar-refractivity contribution in [3.05, 3.63) is 53.7 Å². The molecular formula is C27H34N6O. The van der Waals surface area contributed by atoms with E-state index in [0.29, 0.717) is 6.04 Å². The van der Waals surface area contributed by atoms with Gasteiger partial charge in [0.25, 0.3) is 0 Å². The molecule has 34 heavy (non-hydrogen) atoms. The number of benzene rings is 2. The molecular weight excluding hydrogens is 424 g/mol. The summed E-state index contributed by atoms with van der Waals surface area (Å²) in [6.07, 6.45) is 8.38. The van der Waals surface area contributed by atoms with Crippen LogP contribution in [-0.2, 0) is 12.8 Å². The maximum absolute atomic E-state index is 12.6.